The van der Waals surface area contributed by atoms with Gasteiger partial charge in [0.25, 0.3) is 0 Å². The van der Waals surface area contributed by atoms with Gasteiger partial charge in [-0.25, -0.2) is 4.98 Å². The topological polar surface area (TPSA) is 68.0 Å². The van der Waals surface area contributed by atoms with Gasteiger partial charge in [0.1, 0.15) is 29.7 Å². The average Bonchev–Trinajstić information content (AvgIpc) is 3.18. The van der Waals surface area contributed by atoms with Gasteiger partial charge < -0.3 is 23.9 Å². The van der Waals surface area contributed by atoms with Crippen LogP contribution in [0.5, 0.6) is 11.5 Å². The maximum absolute atomic E-state index is 10.4. The summed E-state index contributed by atoms with van der Waals surface area (Å²) in [5.74, 6) is 2.74. The summed E-state index contributed by atoms with van der Waals surface area (Å²) >= 11 is 0. The second-order valence-corrected chi connectivity index (χ2v) is 7.46. The fraction of sp³-hybridized carbons (Fsp3) is 0.435. The number of nitrogens with zero attached hydrogens (tertiary/aromatic N) is 2. The molecule has 29 heavy (non-hydrogen) atoms. The Labute approximate surface area is 171 Å². The molecule has 0 spiro atoms. The molecule has 1 fully saturated rings. The minimum atomic E-state index is -0.526. The van der Waals surface area contributed by atoms with Crippen molar-refractivity contribution in [3.8, 4) is 11.5 Å². The highest BCUT2D eigenvalue weighted by Crippen LogP contribution is 2.30. The number of aliphatic hydroxyl groups is 1. The van der Waals surface area contributed by atoms with Crippen molar-refractivity contribution < 1.29 is 19.0 Å². The van der Waals surface area contributed by atoms with Gasteiger partial charge in [-0.1, -0.05) is 12.1 Å². The highest BCUT2D eigenvalue weighted by molar-refractivity contribution is 5.72. The number of aromatic nitrogens is 1. The number of benzene rings is 2. The molecule has 154 valence electrons. The van der Waals surface area contributed by atoms with E-state index in [9.17, 15) is 5.11 Å². The zero-order valence-electron chi connectivity index (χ0n) is 16.8. The second kappa shape index (κ2) is 9.29. The molecule has 1 unspecified atom stereocenters. The Morgan fingerprint density at radius 2 is 1.76 bits per heavy atom. The molecule has 6 nitrogen and oxygen atoms in total. The highest BCUT2D eigenvalue weighted by Gasteiger charge is 2.25. The fourth-order valence-electron chi connectivity index (χ4n) is 3.77. The number of para-hydroxylation sites is 2. The zero-order valence-corrected chi connectivity index (χ0v) is 16.8. The molecule has 0 amide bonds. The van der Waals surface area contributed by atoms with E-state index >= 15 is 0 Å². The van der Waals surface area contributed by atoms with Gasteiger partial charge in [0.15, 0.2) is 11.5 Å². The molecule has 3 aromatic rings. The van der Waals surface area contributed by atoms with E-state index in [1.54, 1.807) is 0 Å². The molecule has 0 aliphatic carbocycles. The predicted molar refractivity (Wildman–Crippen MR) is 112 cm³/mol. The van der Waals surface area contributed by atoms with E-state index in [0.29, 0.717) is 19.1 Å². The standard InChI is InChI=1S/C23H28N2O4/c1-2-27-19-7-9-20(10-8-19)28-16-18(26)15-25-13-11-17(12-14-25)23-24-21-5-3-4-6-22(21)29-23/h3-10,17-18,26H,2,11-16H2,1H3. The van der Waals surface area contributed by atoms with Crippen molar-refractivity contribution in [2.24, 2.45) is 0 Å². The Morgan fingerprint density at radius 1 is 1.07 bits per heavy atom. The van der Waals surface area contributed by atoms with Gasteiger partial charge >= 0.3 is 0 Å². The number of likely N-dealkylation sites (tertiary alicyclic amines) is 1. The van der Waals surface area contributed by atoms with E-state index < -0.39 is 6.10 Å². The molecular weight excluding hydrogens is 368 g/mol. The van der Waals surface area contributed by atoms with Gasteiger partial charge in [0.2, 0.25) is 0 Å². The van der Waals surface area contributed by atoms with Crippen LogP contribution >= 0.6 is 0 Å². The van der Waals surface area contributed by atoms with Gasteiger partial charge in [0.05, 0.1) is 6.61 Å². The van der Waals surface area contributed by atoms with Crippen molar-refractivity contribution in [2.75, 3.05) is 32.8 Å². The first kappa shape index (κ1) is 19.7. The number of oxazole rings is 1. The zero-order chi connectivity index (χ0) is 20.1. The van der Waals surface area contributed by atoms with Crippen LogP contribution in [0.25, 0.3) is 11.1 Å². The molecule has 1 aromatic heterocycles. The smallest absolute Gasteiger partial charge is 0.198 e. The molecule has 1 N–H and O–H groups in total. The molecule has 0 bridgehead atoms. The first-order chi connectivity index (χ1) is 14.2. The minimum Gasteiger partial charge on any atom is -0.494 e. The van der Waals surface area contributed by atoms with E-state index in [0.717, 1.165) is 54.4 Å². The highest BCUT2D eigenvalue weighted by atomic mass is 16.5. The predicted octanol–water partition coefficient (Wildman–Crippen LogP) is 3.85. The monoisotopic (exact) mass is 396 g/mol. The lowest BCUT2D eigenvalue weighted by Crippen LogP contribution is -2.40. The van der Waals surface area contributed by atoms with Crippen molar-refractivity contribution >= 4 is 11.1 Å². The van der Waals surface area contributed by atoms with Gasteiger partial charge in [-0.2, -0.15) is 0 Å². The maximum Gasteiger partial charge on any atom is 0.198 e. The Morgan fingerprint density at radius 3 is 2.45 bits per heavy atom. The first-order valence-corrected chi connectivity index (χ1v) is 10.3. The third-order valence-corrected chi connectivity index (χ3v) is 5.29. The summed E-state index contributed by atoms with van der Waals surface area (Å²) in [6.45, 7) is 5.32. The SMILES string of the molecule is CCOc1ccc(OCC(O)CN2CCC(c3nc4ccccc4o3)CC2)cc1. The van der Waals surface area contributed by atoms with E-state index in [-0.39, 0.29) is 6.61 Å². The van der Waals surface area contributed by atoms with Crippen LogP contribution in [0.1, 0.15) is 31.6 Å². The van der Waals surface area contributed by atoms with Crippen molar-refractivity contribution in [1.82, 2.24) is 9.88 Å². The molecular formula is C23H28N2O4. The lowest BCUT2D eigenvalue weighted by atomic mass is 9.96. The van der Waals surface area contributed by atoms with Crippen LogP contribution in [0.4, 0.5) is 0 Å². The van der Waals surface area contributed by atoms with Crippen LogP contribution in [-0.2, 0) is 0 Å². The van der Waals surface area contributed by atoms with Crippen LogP contribution in [0.2, 0.25) is 0 Å². The van der Waals surface area contributed by atoms with Crippen molar-refractivity contribution in [3.63, 3.8) is 0 Å². The molecule has 0 radical (unpaired) electrons. The summed E-state index contributed by atoms with van der Waals surface area (Å²) in [5.41, 5.74) is 1.78. The van der Waals surface area contributed by atoms with Gasteiger partial charge in [-0.15, -0.1) is 0 Å². The minimum absolute atomic E-state index is 0.277. The van der Waals surface area contributed by atoms with Gasteiger partial charge in [0, 0.05) is 12.5 Å². The summed E-state index contributed by atoms with van der Waals surface area (Å²) in [6, 6.07) is 15.4. The number of piperidine rings is 1. The van der Waals surface area contributed by atoms with Crippen molar-refractivity contribution in [2.45, 2.75) is 31.8 Å². The summed E-state index contributed by atoms with van der Waals surface area (Å²) in [4.78, 5) is 6.92. The van der Waals surface area contributed by atoms with E-state index in [1.807, 2.05) is 55.5 Å². The molecule has 1 aliphatic rings. The molecule has 4 rings (SSSR count). The number of hydrogen-bond donors (Lipinski definition) is 1. The van der Waals surface area contributed by atoms with Crippen LogP contribution in [-0.4, -0.2) is 53.9 Å². The van der Waals surface area contributed by atoms with Crippen molar-refractivity contribution in [3.05, 3.63) is 54.4 Å². The summed E-state index contributed by atoms with van der Waals surface area (Å²) in [6.07, 6.45) is 1.45. The number of aliphatic hydroxyl groups excluding tert-OH is 1. The fourth-order valence-corrected chi connectivity index (χ4v) is 3.77. The van der Waals surface area contributed by atoms with Crippen LogP contribution < -0.4 is 9.47 Å². The summed E-state index contributed by atoms with van der Waals surface area (Å²) in [5, 5.41) is 10.4. The Kier molecular flexibility index (Phi) is 6.32. The average molecular weight is 396 g/mol. The van der Waals surface area contributed by atoms with Crippen LogP contribution in [0.15, 0.2) is 52.9 Å². The molecule has 2 aromatic carbocycles. The van der Waals surface area contributed by atoms with E-state index in [1.165, 1.54) is 0 Å². The molecule has 1 saturated heterocycles. The maximum atomic E-state index is 10.4. The lowest BCUT2D eigenvalue weighted by molar-refractivity contribution is 0.0583. The number of β-amino-alcohol motifs (C(OH)–C–C–N with tert-alkyl or cyclic N) is 1. The second-order valence-electron chi connectivity index (χ2n) is 7.46. The lowest BCUT2D eigenvalue weighted by Gasteiger charge is -2.31. The van der Waals surface area contributed by atoms with Crippen LogP contribution in [0, 0.1) is 0 Å². The van der Waals surface area contributed by atoms with E-state index in [4.69, 9.17) is 13.9 Å². The summed E-state index contributed by atoms with van der Waals surface area (Å²) < 4.78 is 17.1. The first-order valence-electron chi connectivity index (χ1n) is 10.3. The van der Waals surface area contributed by atoms with Crippen LogP contribution in [0.3, 0.4) is 0 Å². The molecule has 1 aliphatic heterocycles. The van der Waals surface area contributed by atoms with Gasteiger partial charge in [-0.3, -0.25) is 0 Å². The third kappa shape index (κ3) is 5.08. The number of ether oxygens (including phenoxy) is 2. The number of fused-ring (bicyclic) bond motifs is 1. The van der Waals surface area contributed by atoms with Gasteiger partial charge in [-0.05, 0) is 69.3 Å². The number of rotatable bonds is 8. The number of hydrogen-bond acceptors (Lipinski definition) is 6. The Hall–Kier alpha value is -2.57. The Bertz CT molecular complexity index is 868. The molecule has 1 atom stereocenters. The molecule has 2 heterocycles. The van der Waals surface area contributed by atoms with E-state index in [2.05, 4.69) is 9.88 Å². The Balaban J connectivity index is 1.21. The van der Waals surface area contributed by atoms with Crippen molar-refractivity contribution in [1.29, 1.82) is 0 Å². The summed E-state index contributed by atoms with van der Waals surface area (Å²) in [7, 11) is 0. The molecule has 0 saturated carbocycles. The normalized spacial score (nSPS) is 16.8. The quantitative estimate of drug-likeness (QED) is 0.624. The molecule has 6 heteroatoms. The largest absolute Gasteiger partial charge is 0.494 e. The third-order valence-electron chi connectivity index (χ3n) is 5.29.